The van der Waals surface area contributed by atoms with Crippen molar-refractivity contribution in [1.82, 2.24) is 10.2 Å². The molecule has 0 aliphatic carbocycles. The first kappa shape index (κ1) is 31.6. The number of aliphatic hydroxyl groups is 1. The first-order valence-corrected chi connectivity index (χ1v) is 14.2. The highest BCUT2D eigenvalue weighted by atomic mass is 16.6. The maximum absolute atomic E-state index is 14.1. The normalized spacial score (nSPS) is 12.9. The average Bonchev–Trinajstić information content (AvgIpc) is 2.91. The lowest BCUT2D eigenvalue weighted by Crippen LogP contribution is -2.54. The van der Waals surface area contributed by atoms with E-state index >= 15 is 0 Å². The van der Waals surface area contributed by atoms with Crippen LogP contribution in [0.4, 0.5) is 10.5 Å². The molecule has 0 fully saturated rings. The lowest BCUT2D eigenvalue weighted by Gasteiger charge is -2.35. The molecule has 0 heterocycles. The number of amides is 3. The van der Waals surface area contributed by atoms with Crippen molar-refractivity contribution in [1.29, 1.82) is 0 Å². The van der Waals surface area contributed by atoms with Crippen molar-refractivity contribution in [2.24, 2.45) is 0 Å². The second-order valence-corrected chi connectivity index (χ2v) is 11.4. The van der Waals surface area contributed by atoms with Gasteiger partial charge in [0, 0.05) is 12.2 Å². The minimum Gasteiger partial charge on any atom is -0.444 e. The lowest BCUT2D eigenvalue weighted by molar-refractivity contribution is -0.141. The van der Waals surface area contributed by atoms with Gasteiger partial charge in [-0.25, -0.2) is 4.79 Å². The maximum Gasteiger partial charge on any atom is 0.408 e. The molecule has 8 heteroatoms. The van der Waals surface area contributed by atoms with Crippen LogP contribution in [0.2, 0.25) is 0 Å². The predicted molar refractivity (Wildman–Crippen MR) is 163 cm³/mol. The van der Waals surface area contributed by atoms with Crippen LogP contribution in [0.3, 0.4) is 0 Å². The van der Waals surface area contributed by atoms with Gasteiger partial charge in [-0.05, 0) is 75.1 Å². The minimum absolute atomic E-state index is 0.266. The van der Waals surface area contributed by atoms with Gasteiger partial charge in [0.15, 0.2) is 0 Å². The summed E-state index contributed by atoms with van der Waals surface area (Å²) < 4.78 is 5.33. The van der Waals surface area contributed by atoms with E-state index in [4.69, 9.17) is 4.74 Å². The fraction of sp³-hybridized carbons (Fsp3) is 0.424. The SMILES string of the molecule is CCCCCN(C(=O)C(CO)NC(=O)OC(C)(C)C)C(C(=O)Nc1ccc2ccccc2c1)c1cc(C)ccc1C. The number of hydrogen-bond donors (Lipinski definition) is 3. The standard InChI is InChI=1S/C33H43N3O5/c1-7-8-11-18-36(31(39)28(21-37)35-32(40)41-33(4,5)6)29(27-19-22(2)14-15-23(27)3)30(38)34-26-17-16-24-12-9-10-13-25(24)20-26/h9-10,12-17,19-20,28-29,37H,7-8,11,18,21H2,1-6H3,(H,34,38)(H,35,40). The van der Waals surface area contributed by atoms with Gasteiger partial charge in [-0.1, -0.05) is 73.9 Å². The van der Waals surface area contributed by atoms with Gasteiger partial charge in [0.2, 0.25) is 5.91 Å². The largest absolute Gasteiger partial charge is 0.444 e. The molecule has 3 aromatic carbocycles. The zero-order valence-corrected chi connectivity index (χ0v) is 25.0. The number of aliphatic hydroxyl groups excluding tert-OH is 1. The van der Waals surface area contributed by atoms with Crippen molar-refractivity contribution >= 4 is 34.4 Å². The van der Waals surface area contributed by atoms with Gasteiger partial charge in [-0.2, -0.15) is 0 Å². The van der Waals surface area contributed by atoms with Crippen molar-refractivity contribution in [2.45, 2.75) is 78.5 Å². The van der Waals surface area contributed by atoms with E-state index in [-0.39, 0.29) is 12.5 Å². The summed E-state index contributed by atoms with van der Waals surface area (Å²) in [5.41, 5.74) is 2.30. The summed E-state index contributed by atoms with van der Waals surface area (Å²) in [6, 6.07) is 17.1. The Morgan fingerprint density at radius 2 is 1.66 bits per heavy atom. The summed E-state index contributed by atoms with van der Waals surface area (Å²) in [5.74, 6) is -0.943. The van der Waals surface area contributed by atoms with E-state index in [1.165, 1.54) is 4.90 Å². The number of alkyl carbamates (subject to hydrolysis) is 1. The monoisotopic (exact) mass is 561 g/mol. The number of unbranched alkanes of at least 4 members (excludes halogenated alkanes) is 2. The molecule has 3 rings (SSSR count). The molecular formula is C33H43N3O5. The summed E-state index contributed by atoms with van der Waals surface area (Å²) in [5, 5.41) is 17.7. The zero-order valence-electron chi connectivity index (χ0n) is 25.0. The second-order valence-electron chi connectivity index (χ2n) is 11.4. The van der Waals surface area contributed by atoms with E-state index < -0.39 is 36.3 Å². The quantitative estimate of drug-likeness (QED) is 0.247. The molecule has 0 spiro atoms. The van der Waals surface area contributed by atoms with Gasteiger partial charge in [-0.3, -0.25) is 9.59 Å². The van der Waals surface area contributed by atoms with Crippen molar-refractivity contribution in [3.63, 3.8) is 0 Å². The maximum atomic E-state index is 14.1. The van der Waals surface area contributed by atoms with Crippen LogP contribution in [-0.4, -0.2) is 52.7 Å². The van der Waals surface area contributed by atoms with Crippen LogP contribution >= 0.6 is 0 Å². The first-order chi connectivity index (χ1) is 19.4. The van der Waals surface area contributed by atoms with Gasteiger partial charge >= 0.3 is 6.09 Å². The number of carbonyl (C=O) groups is 3. The summed E-state index contributed by atoms with van der Waals surface area (Å²) in [7, 11) is 0. The number of benzene rings is 3. The number of aryl methyl sites for hydroxylation is 2. The third-order valence-corrected chi connectivity index (χ3v) is 6.76. The molecule has 0 saturated heterocycles. The van der Waals surface area contributed by atoms with Gasteiger partial charge in [0.25, 0.3) is 5.91 Å². The average molecular weight is 562 g/mol. The summed E-state index contributed by atoms with van der Waals surface area (Å²) in [6.07, 6.45) is 1.59. The molecule has 0 bridgehead atoms. The fourth-order valence-electron chi connectivity index (χ4n) is 4.72. The molecule has 3 aromatic rings. The minimum atomic E-state index is -1.28. The molecule has 0 radical (unpaired) electrons. The number of hydrogen-bond acceptors (Lipinski definition) is 5. The Balaban J connectivity index is 2.03. The summed E-state index contributed by atoms with van der Waals surface area (Å²) >= 11 is 0. The fourth-order valence-corrected chi connectivity index (χ4v) is 4.72. The van der Waals surface area contributed by atoms with Crippen molar-refractivity contribution < 1.29 is 24.2 Å². The Hall–Kier alpha value is -3.91. The molecule has 0 aromatic heterocycles. The van der Waals surface area contributed by atoms with Gasteiger partial charge in [-0.15, -0.1) is 0 Å². The molecular weight excluding hydrogens is 518 g/mol. The predicted octanol–water partition coefficient (Wildman–Crippen LogP) is 6.04. The number of anilines is 1. The number of carbonyl (C=O) groups excluding carboxylic acids is 3. The topological polar surface area (TPSA) is 108 Å². The number of nitrogens with zero attached hydrogens (tertiary/aromatic N) is 1. The second kappa shape index (κ2) is 14.1. The molecule has 3 amide bonds. The molecule has 8 nitrogen and oxygen atoms in total. The lowest BCUT2D eigenvalue weighted by atomic mass is 9.95. The smallest absolute Gasteiger partial charge is 0.408 e. The molecule has 0 aliphatic rings. The molecule has 220 valence electrons. The number of fused-ring (bicyclic) bond motifs is 1. The van der Waals surface area contributed by atoms with Crippen molar-refractivity contribution in [3.05, 3.63) is 77.4 Å². The van der Waals surface area contributed by atoms with E-state index in [0.29, 0.717) is 17.7 Å². The molecule has 3 N–H and O–H groups in total. The third kappa shape index (κ3) is 8.79. The van der Waals surface area contributed by atoms with E-state index in [0.717, 1.165) is 34.7 Å². The van der Waals surface area contributed by atoms with Crippen LogP contribution < -0.4 is 10.6 Å². The first-order valence-electron chi connectivity index (χ1n) is 14.2. The highest BCUT2D eigenvalue weighted by molar-refractivity contribution is 6.00. The molecule has 2 atom stereocenters. The van der Waals surface area contributed by atoms with Crippen LogP contribution in [-0.2, 0) is 14.3 Å². The van der Waals surface area contributed by atoms with E-state index in [2.05, 4.69) is 17.6 Å². The summed E-state index contributed by atoms with van der Waals surface area (Å²) in [6.45, 7) is 10.7. The Morgan fingerprint density at radius 3 is 2.32 bits per heavy atom. The van der Waals surface area contributed by atoms with Crippen LogP contribution in [0.15, 0.2) is 60.7 Å². The zero-order chi connectivity index (χ0) is 30.2. The summed E-state index contributed by atoms with van der Waals surface area (Å²) in [4.78, 5) is 42.2. The highest BCUT2D eigenvalue weighted by Gasteiger charge is 2.36. The van der Waals surface area contributed by atoms with Crippen LogP contribution in [0.25, 0.3) is 10.8 Å². The number of rotatable bonds is 11. The Labute approximate surface area is 243 Å². The van der Waals surface area contributed by atoms with E-state index in [9.17, 15) is 19.5 Å². The number of ether oxygens (including phenoxy) is 1. The third-order valence-electron chi connectivity index (χ3n) is 6.76. The Kier molecular flexibility index (Phi) is 10.9. The number of nitrogens with one attached hydrogen (secondary N) is 2. The van der Waals surface area contributed by atoms with E-state index in [1.807, 2.05) is 74.5 Å². The molecule has 0 saturated carbocycles. The van der Waals surface area contributed by atoms with E-state index in [1.54, 1.807) is 20.8 Å². The Morgan fingerprint density at radius 1 is 0.951 bits per heavy atom. The van der Waals surface area contributed by atoms with Crippen LogP contribution in [0, 0.1) is 13.8 Å². The van der Waals surface area contributed by atoms with Crippen LogP contribution in [0.5, 0.6) is 0 Å². The van der Waals surface area contributed by atoms with Gasteiger partial charge in [0.05, 0.1) is 6.61 Å². The van der Waals surface area contributed by atoms with Crippen molar-refractivity contribution in [2.75, 3.05) is 18.5 Å². The van der Waals surface area contributed by atoms with Crippen LogP contribution in [0.1, 0.15) is 69.7 Å². The van der Waals surface area contributed by atoms with Crippen molar-refractivity contribution in [3.8, 4) is 0 Å². The molecule has 0 aliphatic heterocycles. The highest BCUT2D eigenvalue weighted by Crippen LogP contribution is 2.29. The molecule has 2 unspecified atom stereocenters. The Bertz CT molecular complexity index is 1360. The molecule has 41 heavy (non-hydrogen) atoms. The van der Waals surface area contributed by atoms with Gasteiger partial charge in [0.1, 0.15) is 17.7 Å². The van der Waals surface area contributed by atoms with Gasteiger partial charge < -0.3 is 25.4 Å².